The fraction of sp³-hybridized carbons (Fsp3) is 0.385. The first-order valence-electron chi connectivity index (χ1n) is 11.5. The van der Waals surface area contributed by atoms with Gasteiger partial charge >= 0.3 is 0 Å². The van der Waals surface area contributed by atoms with Crippen molar-refractivity contribution in [2.24, 2.45) is 0 Å². The van der Waals surface area contributed by atoms with Gasteiger partial charge in [-0.3, -0.25) is 24.1 Å². The third-order valence-corrected chi connectivity index (χ3v) is 5.99. The summed E-state index contributed by atoms with van der Waals surface area (Å²) in [7, 11) is 0. The lowest BCUT2D eigenvalue weighted by molar-refractivity contribution is -0.141. The zero-order valence-electron chi connectivity index (χ0n) is 19.5. The number of fused-ring (bicyclic) bond motifs is 1. The second-order valence-electron chi connectivity index (χ2n) is 8.18. The zero-order valence-corrected chi connectivity index (χ0v) is 19.5. The third kappa shape index (κ3) is 5.30. The molecule has 1 atom stereocenters. The van der Waals surface area contributed by atoms with Gasteiger partial charge in [-0.05, 0) is 49.9 Å². The van der Waals surface area contributed by atoms with Crippen molar-refractivity contribution < 1.29 is 19.2 Å². The van der Waals surface area contributed by atoms with Crippen LogP contribution in [0.1, 0.15) is 65.0 Å². The smallest absolute Gasteiger partial charge is 0.261 e. The van der Waals surface area contributed by atoms with E-state index < -0.39 is 6.04 Å². The fourth-order valence-corrected chi connectivity index (χ4v) is 4.16. The Bertz CT molecular complexity index is 1010. The van der Waals surface area contributed by atoms with Gasteiger partial charge in [0.2, 0.25) is 11.8 Å². The monoisotopic (exact) mass is 449 g/mol. The lowest BCUT2D eigenvalue weighted by Gasteiger charge is -2.31. The van der Waals surface area contributed by atoms with Gasteiger partial charge in [0.25, 0.3) is 11.8 Å². The van der Waals surface area contributed by atoms with Crippen LogP contribution in [0, 0.1) is 6.92 Å². The molecule has 2 aromatic carbocycles. The van der Waals surface area contributed by atoms with Crippen LogP contribution in [-0.4, -0.2) is 52.6 Å². The number of hydrogen-bond acceptors (Lipinski definition) is 4. The summed E-state index contributed by atoms with van der Waals surface area (Å²) in [5, 5.41) is 2.82. The Morgan fingerprint density at radius 1 is 0.970 bits per heavy atom. The first-order valence-corrected chi connectivity index (χ1v) is 11.5. The molecule has 1 heterocycles. The average Bonchev–Trinajstić information content (AvgIpc) is 3.05. The highest BCUT2D eigenvalue weighted by Gasteiger charge is 2.35. The number of rotatable bonds is 10. The molecule has 1 N–H and O–H groups in total. The van der Waals surface area contributed by atoms with Crippen LogP contribution in [0.25, 0.3) is 0 Å². The zero-order chi connectivity index (χ0) is 24.0. The summed E-state index contributed by atoms with van der Waals surface area (Å²) >= 11 is 0. The molecule has 7 nitrogen and oxygen atoms in total. The van der Waals surface area contributed by atoms with Crippen LogP contribution in [-0.2, 0) is 16.1 Å². The molecule has 1 aliphatic heterocycles. The van der Waals surface area contributed by atoms with Crippen molar-refractivity contribution in [2.75, 3.05) is 13.1 Å². The summed E-state index contributed by atoms with van der Waals surface area (Å²) < 4.78 is 0. The van der Waals surface area contributed by atoms with Crippen LogP contribution in [0.5, 0.6) is 0 Å². The summed E-state index contributed by atoms with van der Waals surface area (Å²) in [5.74, 6) is -1.00. The first-order chi connectivity index (χ1) is 15.9. The minimum Gasteiger partial charge on any atom is -0.355 e. The highest BCUT2D eigenvalue weighted by molar-refractivity contribution is 6.21. The SMILES string of the molecule is CCNC(=O)[C@@H](CC)N(Cc1ccccc1C)C(=O)CCCN1C(=O)c2ccccc2C1=O. The molecule has 0 radical (unpaired) electrons. The van der Waals surface area contributed by atoms with Crippen molar-refractivity contribution in [3.63, 3.8) is 0 Å². The van der Waals surface area contributed by atoms with Crippen LogP contribution in [0.3, 0.4) is 0 Å². The number of carbonyl (C=O) groups excluding carboxylic acids is 4. The molecule has 0 saturated heterocycles. The molecule has 0 spiro atoms. The van der Waals surface area contributed by atoms with Crippen molar-refractivity contribution in [3.8, 4) is 0 Å². The molecular weight excluding hydrogens is 418 g/mol. The molecule has 0 fully saturated rings. The molecule has 0 unspecified atom stereocenters. The lowest BCUT2D eigenvalue weighted by Crippen LogP contribution is -2.49. The number of carbonyl (C=O) groups is 4. The molecule has 174 valence electrons. The van der Waals surface area contributed by atoms with Gasteiger partial charge in [-0.1, -0.05) is 43.3 Å². The largest absolute Gasteiger partial charge is 0.355 e. The normalized spacial score (nSPS) is 13.6. The van der Waals surface area contributed by atoms with E-state index >= 15 is 0 Å². The van der Waals surface area contributed by atoms with Crippen molar-refractivity contribution in [3.05, 3.63) is 70.8 Å². The van der Waals surface area contributed by atoms with Gasteiger partial charge in [0.1, 0.15) is 6.04 Å². The third-order valence-electron chi connectivity index (χ3n) is 5.99. The standard InChI is InChI=1S/C26H31N3O4/c1-4-22(24(31)27-5-2)29(17-19-12-7-6-11-18(19)3)23(30)15-10-16-28-25(32)20-13-8-9-14-21(20)26(28)33/h6-9,11-14,22H,4-5,10,15-17H2,1-3H3,(H,27,31)/t22-/m1/s1. The second kappa shape index (κ2) is 10.9. The van der Waals surface area contributed by atoms with Crippen molar-refractivity contribution in [2.45, 2.75) is 52.6 Å². The van der Waals surface area contributed by atoms with Crippen LogP contribution in [0.2, 0.25) is 0 Å². The summed E-state index contributed by atoms with van der Waals surface area (Å²) in [4.78, 5) is 53.9. The molecule has 33 heavy (non-hydrogen) atoms. The van der Waals surface area contributed by atoms with Gasteiger partial charge in [-0.15, -0.1) is 0 Å². The predicted molar refractivity (Wildman–Crippen MR) is 126 cm³/mol. The van der Waals surface area contributed by atoms with Crippen LogP contribution >= 0.6 is 0 Å². The van der Waals surface area contributed by atoms with Crippen molar-refractivity contribution >= 4 is 23.6 Å². The summed E-state index contributed by atoms with van der Waals surface area (Å²) in [5.41, 5.74) is 2.83. The van der Waals surface area contributed by atoms with E-state index in [0.717, 1.165) is 11.1 Å². The second-order valence-corrected chi connectivity index (χ2v) is 8.18. The molecule has 1 aliphatic rings. The summed E-state index contributed by atoms with van der Waals surface area (Å²) in [6, 6.07) is 13.9. The fourth-order valence-electron chi connectivity index (χ4n) is 4.16. The number of likely N-dealkylation sites (N-methyl/N-ethyl adjacent to an activating group) is 1. The van der Waals surface area contributed by atoms with E-state index in [1.54, 1.807) is 29.2 Å². The molecule has 0 bridgehead atoms. The molecule has 4 amide bonds. The predicted octanol–water partition coefficient (Wildman–Crippen LogP) is 3.31. The minimum atomic E-state index is -0.587. The number of aryl methyl sites for hydroxylation is 1. The molecular formula is C26H31N3O4. The average molecular weight is 450 g/mol. The Kier molecular flexibility index (Phi) is 7.98. The number of benzene rings is 2. The Labute approximate surface area is 194 Å². The Morgan fingerprint density at radius 3 is 2.15 bits per heavy atom. The topological polar surface area (TPSA) is 86.8 Å². The van der Waals surface area contributed by atoms with Gasteiger partial charge in [-0.2, -0.15) is 0 Å². The van der Waals surface area contributed by atoms with Crippen molar-refractivity contribution in [1.82, 2.24) is 15.1 Å². The van der Waals surface area contributed by atoms with Gasteiger partial charge in [-0.25, -0.2) is 0 Å². The first kappa shape index (κ1) is 24.2. The van der Waals surface area contributed by atoms with E-state index in [4.69, 9.17) is 0 Å². The minimum absolute atomic E-state index is 0.134. The van der Waals surface area contributed by atoms with E-state index in [1.807, 2.05) is 45.0 Å². The van der Waals surface area contributed by atoms with E-state index in [0.29, 0.717) is 37.1 Å². The molecule has 0 aliphatic carbocycles. The Morgan fingerprint density at radius 2 is 1.58 bits per heavy atom. The molecule has 3 rings (SSSR count). The summed E-state index contributed by atoms with van der Waals surface area (Å²) in [6.07, 6.45) is 0.956. The van der Waals surface area contributed by atoms with Gasteiger partial charge < -0.3 is 10.2 Å². The van der Waals surface area contributed by atoms with E-state index in [1.165, 1.54) is 4.90 Å². The van der Waals surface area contributed by atoms with E-state index in [-0.39, 0.29) is 36.6 Å². The maximum atomic E-state index is 13.3. The van der Waals surface area contributed by atoms with Gasteiger partial charge in [0.15, 0.2) is 0 Å². The number of nitrogens with one attached hydrogen (secondary N) is 1. The summed E-state index contributed by atoms with van der Waals surface area (Å²) in [6.45, 7) is 6.69. The van der Waals surface area contributed by atoms with Gasteiger partial charge in [0.05, 0.1) is 11.1 Å². The van der Waals surface area contributed by atoms with Crippen LogP contribution < -0.4 is 5.32 Å². The van der Waals surface area contributed by atoms with Gasteiger partial charge in [0, 0.05) is 26.1 Å². The molecule has 0 aromatic heterocycles. The van der Waals surface area contributed by atoms with Crippen molar-refractivity contribution in [1.29, 1.82) is 0 Å². The maximum Gasteiger partial charge on any atom is 0.261 e. The highest BCUT2D eigenvalue weighted by Crippen LogP contribution is 2.23. The molecule has 7 heteroatoms. The highest BCUT2D eigenvalue weighted by atomic mass is 16.2. The number of nitrogens with zero attached hydrogens (tertiary/aromatic N) is 2. The number of imide groups is 1. The van der Waals surface area contributed by atoms with Crippen LogP contribution in [0.4, 0.5) is 0 Å². The van der Waals surface area contributed by atoms with E-state index in [2.05, 4.69) is 5.32 Å². The number of hydrogen-bond donors (Lipinski definition) is 1. The lowest BCUT2D eigenvalue weighted by atomic mass is 10.1. The molecule has 2 aromatic rings. The Hall–Kier alpha value is -3.48. The Balaban J connectivity index is 1.71. The maximum absolute atomic E-state index is 13.3. The van der Waals surface area contributed by atoms with E-state index in [9.17, 15) is 19.2 Å². The number of amides is 4. The quantitative estimate of drug-likeness (QED) is 0.564. The molecule has 0 saturated carbocycles. The van der Waals surface area contributed by atoms with Crippen LogP contribution in [0.15, 0.2) is 48.5 Å².